The van der Waals surface area contributed by atoms with E-state index in [4.69, 9.17) is 11.6 Å². The molecule has 1 amide bonds. The summed E-state index contributed by atoms with van der Waals surface area (Å²) in [4.78, 5) is 12.3. The van der Waals surface area contributed by atoms with E-state index in [1.54, 1.807) is 16.9 Å². The zero-order valence-electron chi connectivity index (χ0n) is 15.1. The average Bonchev–Trinajstić information content (AvgIpc) is 3.16. The first-order valence-electron chi connectivity index (χ1n) is 8.81. The van der Waals surface area contributed by atoms with Crippen LogP contribution >= 0.6 is 11.6 Å². The van der Waals surface area contributed by atoms with Gasteiger partial charge in [-0.1, -0.05) is 61.0 Å². The summed E-state index contributed by atoms with van der Waals surface area (Å²) in [5.74, 6) is -0.316. The highest BCUT2D eigenvalue weighted by Crippen LogP contribution is 2.11. The van der Waals surface area contributed by atoms with Gasteiger partial charge in [-0.05, 0) is 35.7 Å². The molecule has 1 N–H and O–H groups in total. The summed E-state index contributed by atoms with van der Waals surface area (Å²) < 4.78 is 1.71. The van der Waals surface area contributed by atoms with Gasteiger partial charge in [0.05, 0.1) is 6.54 Å². The van der Waals surface area contributed by atoms with E-state index in [-0.39, 0.29) is 5.91 Å². The van der Waals surface area contributed by atoms with Crippen molar-refractivity contribution in [2.45, 2.75) is 26.3 Å². The number of hydrogen-bond acceptors (Lipinski definition) is 3. The van der Waals surface area contributed by atoms with Crippen LogP contribution in [0, 0.1) is 0 Å². The minimum atomic E-state index is -0.316. The van der Waals surface area contributed by atoms with Gasteiger partial charge in [0.15, 0.2) is 5.69 Å². The number of nitrogens with zero attached hydrogens (tertiary/aromatic N) is 3. The highest BCUT2D eigenvalue weighted by Gasteiger charge is 2.10. The molecule has 0 saturated carbocycles. The summed E-state index contributed by atoms with van der Waals surface area (Å²) in [5, 5.41) is 9.28. The number of aromatic nitrogens is 2. The second-order valence-electron chi connectivity index (χ2n) is 6.16. The molecule has 1 heterocycles. The summed E-state index contributed by atoms with van der Waals surface area (Å²) >= 11 is 5.90. The van der Waals surface area contributed by atoms with E-state index < -0.39 is 0 Å². The Balaban J connectivity index is 1.60. The molecule has 0 spiro atoms. The molecule has 5 nitrogen and oxygen atoms in total. The van der Waals surface area contributed by atoms with Crippen LogP contribution in [0.15, 0.2) is 72.0 Å². The summed E-state index contributed by atoms with van der Waals surface area (Å²) in [6.45, 7) is 2.59. The number of rotatable bonds is 7. The van der Waals surface area contributed by atoms with Gasteiger partial charge in [-0.25, -0.2) is 5.43 Å². The van der Waals surface area contributed by atoms with Crippen LogP contribution < -0.4 is 5.43 Å². The maximum absolute atomic E-state index is 12.3. The lowest BCUT2D eigenvalue weighted by atomic mass is 10.1. The van der Waals surface area contributed by atoms with Gasteiger partial charge in [-0.15, -0.1) is 0 Å². The van der Waals surface area contributed by atoms with Crippen molar-refractivity contribution in [2.75, 3.05) is 0 Å². The van der Waals surface area contributed by atoms with Crippen LogP contribution in [0.4, 0.5) is 0 Å². The van der Waals surface area contributed by atoms with Crippen molar-refractivity contribution < 1.29 is 4.79 Å². The van der Waals surface area contributed by atoms with Crippen molar-refractivity contribution in [1.29, 1.82) is 0 Å². The van der Waals surface area contributed by atoms with Gasteiger partial charge >= 0.3 is 0 Å². The van der Waals surface area contributed by atoms with E-state index in [0.29, 0.717) is 23.7 Å². The Labute approximate surface area is 163 Å². The van der Waals surface area contributed by atoms with E-state index in [1.165, 1.54) is 5.56 Å². The van der Waals surface area contributed by atoms with Crippen molar-refractivity contribution in [3.63, 3.8) is 0 Å². The molecule has 3 aromatic rings. The van der Waals surface area contributed by atoms with Gasteiger partial charge in [0.1, 0.15) is 0 Å². The Morgan fingerprint density at radius 2 is 1.81 bits per heavy atom. The standard InChI is InChI=1S/C21H21ClN4O/c1-2-19(14-16-6-4-3-5-7-16)23-24-21(27)20-12-13-26(25-20)15-17-8-10-18(22)11-9-17/h3-13H,2,14-15H2,1H3,(H,24,27). The SMILES string of the molecule is CCC(Cc1ccccc1)=NNC(=O)c1ccn(Cc2ccc(Cl)cc2)n1. The molecule has 0 atom stereocenters. The number of nitrogens with one attached hydrogen (secondary N) is 1. The molecule has 138 valence electrons. The Kier molecular flexibility index (Phi) is 6.39. The van der Waals surface area contributed by atoms with E-state index >= 15 is 0 Å². The molecule has 0 fully saturated rings. The first-order valence-corrected chi connectivity index (χ1v) is 9.19. The lowest BCUT2D eigenvalue weighted by Gasteiger charge is -2.05. The largest absolute Gasteiger partial charge is 0.291 e. The molecule has 0 aliphatic rings. The van der Waals surface area contributed by atoms with Crippen LogP contribution in [0.1, 0.15) is 35.0 Å². The molecule has 0 bridgehead atoms. The molecule has 1 aromatic heterocycles. The third-order valence-electron chi connectivity index (χ3n) is 4.11. The lowest BCUT2D eigenvalue weighted by Crippen LogP contribution is -2.21. The highest BCUT2D eigenvalue weighted by atomic mass is 35.5. The summed E-state index contributed by atoms with van der Waals surface area (Å²) in [7, 11) is 0. The Bertz CT molecular complexity index is 917. The number of halogens is 1. The van der Waals surface area contributed by atoms with Crippen molar-refractivity contribution in [2.24, 2.45) is 5.10 Å². The first kappa shape index (κ1) is 18.9. The van der Waals surface area contributed by atoms with E-state index in [0.717, 1.165) is 17.7 Å². The minimum Gasteiger partial charge on any atom is -0.268 e. The topological polar surface area (TPSA) is 59.3 Å². The fraction of sp³-hybridized carbons (Fsp3) is 0.190. The van der Waals surface area contributed by atoms with Crippen molar-refractivity contribution >= 4 is 23.2 Å². The smallest absolute Gasteiger partial charge is 0.268 e. The Morgan fingerprint density at radius 1 is 1.07 bits per heavy atom. The molecule has 0 unspecified atom stereocenters. The molecule has 2 aromatic carbocycles. The fourth-order valence-corrected chi connectivity index (χ4v) is 2.74. The summed E-state index contributed by atoms with van der Waals surface area (Å²) in [5.41, 5.74) is 6.08. The fourth-order valence-electron chi connectivity index (χ4n) is 2.61. The van der Waals surface area contributed by atoms with Gasteiger partial charge in [-0.3, -0.25) is 9.48 Å². The second kappa shape index (κ2) is 9.14. The third-order valence-corrected chi connectivity index (χ3v) is 4.36. The number of carbonyl (C=O) groups is 1. The van der Waals surface area contributed by atoms with Crippen molar-refractivity contribution in [3.05, 3.63) is 88.7 Å². The third kappa shape index (κ3) is 5.53. The van der Waals surface area contributed by atoms with Crippen LogP contribution in [0.3, 0.4) is 0 Å². The average molecular weight is 381 g/mol. The number of benzene rings is 2. The molecule has 0 radical (unpaired) electrons. The molecule has 0 aliphatic carbocycles. The van der Waals surface area contributed by atoms with Gasteiger partial charge in [0.25, 0.3) is 5.91 Å². The normalized spacial score (nSPS) is 11.4. The van der Waals surface area contributed by atoms with E-state index in [1.807, 2.05) is 61.5 Å². The van der Waals surface area contributed by atoms with Crippen LogP contribution in [-0.4, -0.2) is 21.4 Å². The quantitative estimate of drug-likeness (QED) is 0.490. The summed E-state index contributed by atoms with van der Waals surface area (Å²) in [6.07, 6.45) is 3.25. The van der Waals surface area contributed by atoms with Crippen LogP contribution in [0.25, 0.3) is 0 Å². The number of carbonyl (C=O) groups excluding carboxylic acids is 1. The van der Waals surface area contributed by atoms with Crippen LogP contribution in [0.5, 0.6) is 0 Å². The number of hydrazone groups is 1. The molecular formula is C21H21ClN4O. The molecular weight excluding hydrogens is 360 g/mol. The molecule has 27 heavy (non-hydrogen) atoms. The predicted molar refractivity (Wildman–Crippen MR) is 108 cm³/mol. The van der Waals surface area contributed by atoms with Gasteiger partial charge < -0.3 is 0 Å². The molecule has 6 heteroatoms. The van der Waals surface area contributed by atoms with Gasteiger partial charge in [0, 0.05) is 23.4 Å². The molecule has 3 rings (SSSR count). The highest BCUT2D eigenvalue weighted by molar-refractivity contribution is 6.30. The van der Waals surface area contributed by atoms with Crippen molar-refractivity contribution in [1.82, 2.24) is 15.2 Å². The van der Waals surface area contributed by atoms with E-state index in [2.05, 4.69) is 15.6 Å². The maximum atomic E-state index is 12.3. The monoisotopic (exact) mass is 380 g/mol. The van der Waals surface area contributed by atoms with Crippen LogP contribution in [0.2, 0.25) is 5.02 Å². The van der Waals surface area contributed by atoms with Gasteiger partial charge in [0.2, 0.25) is 0 Å². The molecule has 0 aliphatic heterocycles. The maximum Gasteiger partial charge on any atom is 0.291 e. The second-order valence-corrected chi connectivity index (χ2v) is 6.60. The van der Waals surface area contributed by atoms with Gasteiger partial charge in [-0.2, -0.15) is 10.2 Å². The zero-order chi connectivity index (χ0) is 19.1. The van der Waals surface area contributed by atoms with Crippen molar-refractivity contribution in [3.8, 4) is 0 Å². The van der Waals surface area contributed by atoms with E-state index in [9.17, 15) is 4.79 Å². The summed E-state index contributed by atoms with van der Waals surface area (Å²) in [6, 6.07) is 19.3. The molecule has 0 saturated heterocycles. The van der Waals surface area contributed by atoms with Crippen LogP contribution in [-0.2, 0) is 13.0 Å². The predicted octanol–water partition coefficient (Wildman–Crippen LogP) is 4.32. The Morgan fingerprint density at radius 3 is 2.52 bits per heavy atom. The minimum absolute atomic E-state index is 0.316. The first-order chi connectivity index (χ1) is 13.1. The number of hydrogen-bond donors (Lipinski definition) is 1. The number of amides is 1. The lowest BCUT2D eigenvalue weighted by molar-refractivity contribution is 0.0949. The zero-order valence-corrected chi connectivity index (χ0v) is 15.9. The Hall–Kier alpha value is -2.92.